The lowest BCUT2D eigenvalue weighted by atomic mass is 10.1. The van der Waals surface area contributed by atoms with Gasteiger partial charge in [-0.3, -0.25) is 9.10 Å². The largest absolute Gasteiger partial charge is 0.495 e. The Bertz CT molecular complexity index is 1260. The number of nitrogens with zero attached hydrogens (tertiary/aromatic N) is 2. The molecule has 0 saturated heterocycles. The maximum absolute atomic E-state index is 13.5. The molecule has 0 aliphatic heterocycles. The van der Waals surface area contributed by atoms with Crippen molar-refractivity contribution in [3.05, 3.63) is 88.9 Å². The number of anilines is 1. The van der Waals surface area contributed by atoms with Crippen molar-refractivity contribution >= 4 is 38.9 Å². The average molecular weight is 486 g/mol. The lowest BCUT2D eigenvalue weighted by Gasteiger charge is -2.25. The predicted molar refractivity (Wildman–Crippen MR) is 131 cm³/mol. The number of nitrogens with one attached hydrogen (secondary N) is 1. The number of ether oxygens (including phenoxy) is 1. The van der Waals surface area contributed by atoms with Gasteiger partial charge in [0.25, 0.3) is 15.9 Å². The minimum absolute atomic E-state index is 0.0342. The fourth-order valence-electron chi connectivity index (χ4n) is 3.05. The molecule has 0 bridgehead atoms. The summed E-state index contributed by atoms with van der Waals surface area (Å²) >= 11 is 6.14. The zero-order valence-corrected chi connectivity index (χ0v) is 20.0. The molecule has 0 spiro atoms. The Balaban J connectivity index is 1.96. The van der Waals surface area contributed by atoms with Crippen LogP contribution in [0.5, 0.6) is 5.75 Å². The number of hydrogen-bond acceptors (Lipinski definition) is 5. The highest BCUT2D eigenvalue weighted by atomic mass is 35.5. The number of aryl methyl sites for hydroxylation is 1. The van der Waals surface area contributed by atoms with Gasteiger partial charge in [0.05, 0.1) is 23.4 Å². The first kappa shape index (κ1) is 24.3. The average Bonchev–Trinajstić information content (AvgIpc) is 2.81. The molecule has 1 N–H and O–H groups in total. The number of amides is 1. The first-order valence-corrected chi connectivity index (χ1v) is 11.9. The summed E-state index contributed by atoms with van der Waals surface area (Å²) in [5, 5.41) is 4.41. The van der Waals surface area contributed by atoms with E-state index in [-0.39, 0.29) is 16.3 Å². The number of halogens is 1. The van der Waals surface area contributed by atoms with E-state index in [1.54, 1.807) is 31.2 Å². The van der Waals surface area contributed by atoms with E-state index >= 15 is 0 Å². The molecule has 3 rings (SSSR count). The molecule has 9 heteroatoms. The predicted octanol–water partition coefficient (Wildman–Crippen LogP) is 4.39. The van der Waals surface area contributed by atoms with E-state index in [4.69, 9.17) is 16.3 Å². The van der Waals surface area contributed by atoms with Crippen LogP contribution in [0.15, 0.2) is 82.8 Å². The van der Waals surface area contributed by atoms with Crippen molar-refractivity contribution in [1.29, 1.82) is 0 Å². The fourth-order valence-corrected chi connectivity index (χ4v) is 4.64. The zero-order valence-electron chi connectivity index (χ0n) is 18.4. The van der Waals surface area contributed by atoms with Crippen molar-refractivity contribution < 1.29 is 17.9 Å². The summed E-state index contributed by atoms with van der Waals surface area (Å²) in [4.78, 5) is 12.8. The summed E-state index contributed by atoms with van der Waals surface area (Å²) in [6.45, 7) is 3.07. The van der Waals surface area contributed by atoms with Crippen molar-refractivity contribution in [2.24, 2.45) is 5.10 Å². The minimum atomic E-state index is -4.12. The van der Waals surface area contributed by atoms with Crippen LogP contribution >= 0.6 is 11.6 Å². The third kappa shape index (κ3) is 5.91. The summed E-state index contributed by atoms with van der Waals surface area (Å²) < 4.78 is 33.4. The van der Waals surface area contributed by atoms with Crippen LogP contribution in [0.4, 0.5) is 5.69 Å². The molecule has 0 aromatic heterocycles. The molecule has 0 fully saturated rings. The molecular weight excluding hydrogens is 462 g/mol. The first-order valence-electron chi connectivity index (χ1n) is 10.0. The van der Waals surface area contributed by atoms with E-state index in [9.17, 15) is 13.2 Å². The molecule has 0 saturated carbocycles. The Labute approximate surface area is 198 Å². The van der Waals surface area contributed by atoms with Crippen LogP contribution in [0, 0.1) is 6.92 Å². The van der Waals surface area contributed by atoms with Crippen LogP contribution in [-0.2, 0) is 14.8 Å². The number of hydrazone groups is 1. The smallest absolute Gasteiger partial charge is 0.264 e. The second kappa shape index (κ2) is 10.5. The van der Waals surface area contributed by atoms with Gasteiger partial charge in [0.1, 0.15) is 12.3 Å². The minimum Gasteiger partial charge on any atom is -0.495 e. The van der Waals surface area contributed by atoms with Gasteiger partial charge >= 0.3 is 0 Å². The molecule has 33 heavy (non-hydrogen) atoms. The number of carbonyl (C=O) groups excluding carboxylic acids is 1. The van der Waals surface area contributed by atoms with Crippen molar-refractivity contribution in [1.82, 2.24) is 5.43 Å². The van der Waals surface area contributed by atoms with Gasteiger partial charge in [0.15, 0.2) is 0 Å². The highest BCUT2D eigenvalue weighted by molar-refractivity contribution is 7.92. The molecular formula is C24H24ClN3O4S. The van der Waals surface area contributed by atoms with Crippen LogP contribution in [0.2, 0.25) is 5.02 Å². The lowest BCUT2D eigenvalue weighted by Crippen LogP contribution is -2.40. The van der Waals surface area contributed by atoms with Crippen LogP contribution in [0.3, 0.4) is 0 Å². The molecule has 0 heterocycles. The van der Waals surface area contributed by atoms with Gasteiger partial charge < -0.3 is 4.74 Å². The SMILES string of the molecule is COc1ccc(Cl)cc1N(CC(=O)N/N=C(/C)c1ccccc1)S(=O)(=O)c1ccc(C)cc1. The lowest BCUT2D eigenvalue weighted by molar-refractivity contribution is -0.119. The monoisotopic (exact) mass is 485 g/mol. The molecule has 0 radical (unpaired) electrons. The maximum atomic E-state index is 13.5. The van der Waals surface area contributed by atoms with Gasteiger partial charge in [-0.2, -0.15) is 5.10 Å². The van der Waals surface area contributed by atoms with Gasteiger partial charge in [-0.1, -0.05) is 59.6 Å². The van der Waals surface area contributed by atoms with E-state index in [0.717, 1.165) is 15.4 Å². The molecule has 0 unspecified atom stereocenters. The number of hydrogen-bond donors (Lipinski definition) is 1. The zero-order chi connectivity index (χ0) is 24.0. The number of benzene rings is 3. The van der Waals surface area contributed by atoms with Crippen molar-refractivity contribution in [3.8, 4) is 5.75 Å². The summed E-state index contributed by atoms with van der Waals surface area (Å²) in [5.41, 5.74) is 4.90. The summed E-state index contributed by atoms with van der Waals surface area (Å²) in [6, 6.07) is 20.2. The number of carbonyl (C=O) groups is 1. The molecule has 0 aliphatic rings. The van der Waals surface area contributed by atoms with E-state index in [1.807, 2.05) is 37.3 Å². The van der Waals surface area contributed by atoms with Crippen molar-refractivity contribution in [3.63, 3.8) is 0 Å². The second-order valence-corrected chi connectivity index (χ2v) is 9.54. The third-order valence-corrected chi connectivity index (χ3v) is 6.85. The summed E-state index contributed by atoms with van der Waals surface area (Å²) in [5.74, 6) is -0.366. The van der Waals surface area contributed by atoms with Crippen molar-refractivity contribution in [2.75, 3.05) is 18.0 Å². The highest BCUT2D eigenvalue weighted by Gasteiger charge is 2.29. The highest BCUT2D eigenvalue weighted by Crippen LogP contribution is 2.34. The normalized spacial score (nSPS) is 11.7. The fraction of sp³-hybridized carbons (Fsp3) is 0.167. The van der Waals surface area contributed by atoms with Crippen LogP contribution in [0.25, 0.3) is 0 Å². The van der Waals surface area contributed by atoms with Gasteiger partial charge in [-0.25, -0.2) is 13.8 Å². The van der Waals surface area contributed by atoms with E-state index in [1.165, 1.54) is 25.3 Å². The standard InChI is InChI=1S/C24H24ClN3O4S/c1-17-9-12-21(13-10-17)33(30,31)28(22-15-20(25)11-14-23(22)32-3)16-24(29)27-26-18(2)19-7-5-4-6-8-19/h4-15H,16H2,1-3H3,(H,27,29)/b26-18-. The van der Waals surface area contributed by atoms with Crippen LogP contribution < -0.4 is 14.5 Å². The summed E-state index contributed by atoms with van der Waals surface area (Å²) in [6.07, 6.45) is 0. The Hall–Kier alpha value is -3.36. The topological polar surface area (TPSA) is 88.1 Å². The molecule has 7 nitrogen and oxygen atoms in total. The van der Waals surface area contributed by atoms with E-state index in [0.29, 0.717) is 10.7 Å². The second-order valence-electron chi connectivity index (χ2n) is 7.24. The van der Waals surface area contributed by atoms with Crippen LogP contribution in [0.1, 0.15) is 18.1 Å². The quantitative estimate of drug-likeness (QED) is 0.378. The van der Waals surface area contributed by atoms with E-state index in [2.05, 4.69) is 10.5 Å². The molecule has 3 aromatic rings. The van der Waals surface area contributed by atoms with Gasteiger partial charge in [-0.15, -0.1) is 0 Å². The molecule has 0 atom stereocenters. The summed E-state index contributed by atoms with van der Waals surface area (Å²) in [7, 11) is -2.71. The molecule has 172 valence electrons. The van der Waals surface area contributed by atoms with Gasteiger partial charge in [0, 0.05) is 5.02 Å². The number of rotatable bonds is 8. The maximum Gasteiger partial charge on any atom is 0.264 e. The molecule has 1 amide bonds. The Morgan fingerprint density at radius 1 is 1.06 bits per heavy atom. The van der Waals surface area contributed by atoms with Gasteiger partial charge in [-0.05, 0) is 49.7 Å². The Kier molecular flexibility index (Phi) is 7.73. The van der Waals surface area contributed by atoms with Gasteiger partial charge in [0.2, 0.25) is 0 Å². The van der Waals surface area contributed by atoms with E-state index < -0.39 is 22.5 Å². The Morgan fingerprint density at radius 3 is 2.36 bits per heavy atom. The number of sulfonamides is 1. The Morgan fingerprint density at radius 2 is 1.73 bits per heavy atom. The molecule has 3 aromatic carbocycles. The van der Waals surface area contributed by atoms with Crippen LogP contribution in [-0.4, -0.2) is 33.7 Å². The molecule has 0 aliphatic carbocycles. The third-order valence-electron chi connectivity index (χ3n) is 4.85. The van der Waals surface area contributed by atoms with Crippen molar-refractivity contribution in [2.45, 2.75) is 18.7 Å². The first-order chi connectivity index (χ1) is 15.7. The number of methoxy groups -OCH3 is 1.